The Morgan fingerprint density at radius 1 is 1.07 bits per heavy atom. The molecular weight excluding hydrogens is 392 g/mol. The van der Waals surface area contributed by atoms with Crippen LogP contribution in [0.4, 0.5) is 5.69 Å². The van der Waals surface area contributed by atoms with Gasteiger partial charge < -0.3 is 10.1 Å². The van der Waals surface area contributed by atoms with Crippen LogP contribution >= 0.6 is 0 Å². The maximum absolute atomic E-state index is 12.5. The summed E-state index contributed by atoms with van der Waals surface area (Å²) in [5.41, 5.74) is 1.13. The van der Waals surface area contributed by atoms with Crippen molar-refractivity contribution in [3.05, 3.63) is 60.2 Å². The zero-order valence-corrected chi connectivity index (χ0v) is 17.8. The Morgan fingerprint density at radius 3 is 2.31 bits per heavy atom. The molecule has 2 aromatic rings. The van der Waals surface area contributed by atoms with Gasteiger partial charge in [-0.3, -0.25) is 9.59 Å². The van der Waals surface area contributed by atoms with Crippen molar-refractivity contribution in [2.24, 2.45) is 0 Å². The summed E-state index contributed by atoms with van der Waals surface area (Å²) < 4.78 is 30.9. The molecule has 1 N–H and O–H groups in total. The fraction of sp³-hybridized carbons (Fsp3) is 0.333. The third-order valence-corrected chi connectivity index (χ3v) is 6.25. The predicted octanol–water partition coefficient (Wildman–Crippen LogP) is 3.00. The van der Waals surface area contributed by atoms with Crippen molar-refractivity contribution in [2.45, 2.75) is 37.2 Å². The number of sulfonamides is 1. The SMILES string of the molecule is CC[C@@H](C(=O)O[C@H](C)C(=O)Nc1cccc(S(=O)(=O)N(C)C)c1)c1ccccc1. The van der Waals surface area contributed by atoms with Crippen molar-refractivity contribution in [2.75, 3.05) is 19.4 Å². The van der Waals surface area contributed by atoms with Gasteiger partial charge in [0.05, 0.1) is 10.8 Å². The zero-order valence-electron chi connectivity index (χ0n) is 17.0. The molecule has 0 unspecified atom stereocenters. The average molecular weight is 419 g/mol. The molecular formula is C21H26N2O5S. The largest absolute Gasteiger partial charge is 0.452 e. The van der Waals surface area contributed by atoms with Crippen molar-refractivity contribution in [3.8, 4) is 0 Å². The van der Waals surface area contributed by atoms with E-state index in [0.717, 1.165) is 9.87 Å². The van der Waals surface area contributed by atoms with E-state index in [-0.39, 0.29) is 4.90 Å². The number of rotatable bonds is 8. The minimum Gasteiger partial charge on any atom is -0.452 e. The Bertz CT molecular complexity index is 958. The Balaban J connectivity index is 2.07. The van der Waals surface area contributed by atoms with Gasteiger partial charge >= 0.3 is 5.97 Å². The van der Waals surface area contributed by atoms with Gasteiger partial charge in [-0.15, -0.1) is 0 Å². The minimum absolute atomic E-state index is 0.0556. The molecule has 0 aliphatic carbocycles. The molecule has 7 nitrogen and oxygen atoms in total. The third-order valence-electron chi connectivity index (χ3n) is 4.44. The number of nitrogens with one attached hydrogen (secondary N) is 1. The van der Waals surface area contributed by atoms with E-state index in [1.807, 2.05) is 37.3 Å². The van der Waals surface area contributed by atoms with Gasteiger partial charge in [0.25, 0.3) is 5.91 Å². The van der Waals surface area contributed by atoms with Crippen LogP contribution in [0.1, 0.15) is 31.7 Å². The van der Waals surface area contributed by atoms with Crippen LogP contribution in [-0.4, -0.2) is 44.8 Å². The summed E-state index contributed by atoms with van der Waals surface area (Å²) in [6, 6.07) is 15.1. The van der Waals surface area contributed by atoms with Crippen LogP contribution in [0, 0.1) is 0 Å². The molecule has 1 amide bonds. The number of amides is 1. The van der Waals surface area contributed by atoms with Crippen molar-refractivity contribution < 1.29 is 22.7 Å². The van der Waals surface area contributed by atoms with Crippen molar-refractivity contribution in [1.82, 2.24) is 4.31 Å². The van der Waals surface area contributed by atoms with E-state index in [4.69, 9.17) is 4.74 Å². The lowest BCUT2D eigenvalue weighted by atomic mass is 9.97. The molecule has 2 aromatic carbocycles. The monoisotopic (exact) mass is 418 g/mol. The number of nitrogens with zero attached hydrogens (tertiary/aromatic N) is 1. The molecule has 0 spiro atoms. The Morgan fingerprint density at radius 2 is 1.72 bits per heavy atom. The standard InChI is InChI=1S/C21H26N2O5S/c1-5-19(16-10-7-6-8-11-16)21(25)28-15(2)20(24)22-17-12-9-13-18(14-17)29(26,27)23(3)4/h6-15,19H,5H2,1-4H3,(H,22,24)/t15-,19-/m1/s1. The van der Waals surface area contributed by atoms with Gasteiger partial charge in [-0.25, -0.2) is 12.7 Å². The number of hydrogen-bond acceptors (Lipinski definition) is 5. The molecule has 0 saturated heterocycles. The van der Waals surface area contributed by atoms with Crippen LogP contribution < -0.4 is 5.32 Å². The molecule has 0 heterocycles. The van der Waals surface area contributed by atoms with Gasteiger partial charge in [-0.2, -0.15) is 0 Å². The quantitative estimate of drug-likeness (QED) is 0.665. The summed E-state index contributed by atoms with van der Waals surface area (Å²) in [7, 11) is -0.764. The highest BCUT2D eigenvalue weighted by Crippen LogP contribution is 2.22. The van der Waals surface area contributed by atoms with Crippen LogP contribution in [0.5, 0.6) is 0 Å². The molecule has 2 atom stereocenters. The van der Waals surface area contributed by atoms with Crippen LogP contribution in [-0.2, 0) is 24.3 Å². The second-order valence-electron chi connectivity index (χ2n) is 6.76. The number of benzene rings is 2. The number of anilines is 1. The van der Waals surface area contributed by atoms with Gasteiger partial charge in [0.2, 0.25) is 10.0 Å². The molecule has 29 heavy (non-hydrogen) atoms. The summed E-state index contributed by atoms with van der Waals surface area (Å²) in [5, 5.41) is 2.60. The first-order chi connectivity index (χ1) is 13.7. The fourth-order valence-electron chi connectivity index (χ4n) is 2.72. The third kappa shape index (κ3) is 5.65. The summed E-state index contributed by atoms with van der Waals surface area (Å²) in [6.07, 6.45) is -0.490. The summed E-state index contributed by atoms with van der Waals surface area (Å²) >= 11 is 0. The lowest BCUT2D eigenvalue weighted by molar-refractivity contribution is -0.154. The Labute approximate surface area is 171 Å². The van der Waals surface area contributed by atoms with E-state index in [9.17, 15) is 18.0 Å². The second-order valence-corrected chi connectivity index (χ2v) is 8.91. The van der Waals surface area contributed by atoms with Gasteiger partial charge in [-0.05, 0) is 37.1 Å². The maximum Gasteiger partial charge on any atom is 0.314 e. The van der Waals surface area contributed by atoms with E-state index in [1.54, 1.807) is 6.07 Å². The molecule has 0 aliphatic rings. The van der Waals surface area contributed by atoms with E-state index < -0.39 is 33.9 Å². The highest BCUT2D eigenvalue weighted by atomic mass is 32.2. The van der Waals surface area contributed by atoms with E-state index >= 15 is 0 Å². The molecule has 8 heteroatoms. The number of carbonyl (C=O) groups excluding carboxylic acids is 2. The topological polar surface area (TPSA) is 92.8 Å². The molecule has 2 rings (SSSR count). The van der Waals surface area contributed by atoms with E-state index in [0.29, 0.717) is 12.1 Å². The first-order valence-corrected chi connectivity index (χ1v) is 10.7. The minimum atomic E-state index is -3.62. The van der Waals surface area contributed by atoms with Crippen LogP contribution in [0.2, 0.25) is 0 Å². The lowest BCUT2D eigenvalue weighted by Gasteiger charge is -2.19. The number of ether oxygens (including phenoxy) is 1. The van der Waals surface area contributed by atoms with Gasteiger partial charge in [-0.1, -0.05) is 43.3 Å². The van der Waals surface area contributed by atoms with Crippen LogP contribution in [0.15, 0.2) is 59.5 Å². The average Bonchev–Trinajstić information content (AvgIpc) is 2.69. The van der Waals surface area contributed by atoms with E-state index in [2.05, 4.69) is 5.32 Å². The summed E-state index contributed by atoms with van der Waals surface area (Å²) in [5.74, 6) is -1.48. The predicted molar refractivity (Wildman–Crippen MR) is 111 cm³/mol. The van der Waals surface area contributed by atoms with Crippen molar-refractivity contribution >= 4 is 27.6 Å². The first-order valence-electron chi connectivity index (χ1n) is 9.25. The van der Waals surface area contributed by atoms with Gasteiger partial charge in [0, 0.05) is 19.8 Å². The molecule has 156 valence electrons. The smallest absolute Gasteiger partial charge is 0.314 e. The number of carbonyl (C=O) groups is 2. The summed E-state index contributed by atoms with van der Waals surface area (Å²) in [4.78, 5) is 25.0. The molecule has 0 radical (unpaired) electrons. The van der Waals surface area contributed by atoms with Crippen LogP contribution in [0.3, 0.4) is 0 Å². The molecule has 0 fully saturated rings. The molecule has 0 bridgehead atoms. The zero-order chi connectivity index (χ0) is 21.6. The number of esters is 1. The maximum atomic E-state index is 12.5. The second kappa shape index (κ2) is 9.67. The number of hydrogen-bond donors (Lipinski definition) is 1. The Hall–Kier alpha value is -2.71. The molecule has 0 saturated carbocycles. The molecule has 0 aliphatic heterocycles. The molecule has 0 aromatic heterocycles. The van der Waals surface area contributed by atoms with Crippen LogP contribution in [0.25, 0.3) is 0 Å². The normalized spacial score (nSPS) is 13.6. The van der Waals surface area contributed by atoms with Gasteiger partial charge in [0.1, 0.15) is 0 Å². The lowest BCUT2D eigenvalue weighted by Crippen LogP contribution is -2.32. The highest BCUT2D eigenvalue weighted by molar-refractivity contribution is 7.89. The van der Waals surface area contributed by atoms with Crippen molar-refractivity contribution in [1.29, 1.82) is 0 Å². The fourth-order valence-corrected chi connectivity index (χ4v) is 3.67. The Kier molecular flexibility index (Phi) is 7.53. The highest BCUT2D eigenvalue weighted by Gasteiger charge is 2.25. The van der Waals surface area contributed by atoms with Crippen molar-refractivity contribution in [3.63, 3.8) is 0 Å². The first kappa shape index (κ1) is 22.6. The van der Waals surface area contributed by atoms with E-state index in [1.165, 1.54) is 39.2 Å². The summed E-state index contributed by atoms with van der Waals surface area (Å²) in [6.45, 7) is 3.35. The van der Waals surface area contributed by atoms with Gasteiger partial charge in [0.15, 0.2) is 6.10 Å².